The average molecular weight is 353 g/mol. The summed E-state index contributed by atoms with van der Waals surface area (Å²) in [7, 11) is 0. The molecule has 0 saturated carbocycles. The standard InChI is InChI=1S/C24H50N/c1-5-9-12-15-18-22-25(21-8-4,23-19-16-13-10-6-2)24-20-17-14-11-7-3/h8H,4-7,9-24H2,1-3H3/q+1. The molecule has 25 heavy (non-hydrogen) atoms. The molecule has 0 spiro atoms. The molecule has 0 fully saturated rings. The van der Waals surface area contributed by atoms with Crippen molar-refractivity contribution in [2.45, 2.75) is 117 Å². The number of hydrogen-bond donors (Lipinski definition) is 0. The summed E-state index contributed by atoms with van der Waals surface area (Å²) in [6, 6.07) is 0. The molecular weight excluding hydrogens is 302 g/mol. The van der Waals surface area contributed by atoms with Gasteiger partial charge in [-0.25, -0.2) is 0 Å². The molecule has 0 aliphatic carbocycles. The Hall–Kier alpha value is -0.300. The van der Waals surface area contributed by atoms with Crippen molar-refractivity contribution < 1.29 is 4.48 Å². The molecule has 0 rings (SSSR count). The van der Waals surface area contributed by atoms with Gasteiger partial charge in [0, 0.05) is 0 Å². The van der Waals surface area contributed by atoms with E-state index in [1.54, 1.807) is 0 Å². The number of rotatable bonds is 20. The highest BCUT2D eigenvalue weighted by Crippen LogP contribution is 2.18. The van der Waals surface area contributed by atoms with Crippen LogP contribution >= 0.6 is 0 Å². The van der Waals surface area contributed by atoms with Crippen LogP contribution in [0.1, 0.15) is 117 Å². The van der Waals surface area contributed by atoms with Crippen molar-refractivity contribution in [3.8, 4) is 0 Å². The van der Waals surface area contributed by atoms with Crippen LogP contribution in [0.4, 0.5) is 0 Å². The topological polar surface area (TPSA) is 0 Å². The van der Waals surface area contributed by atoms with Gasteiger partial charge in [-0.05, 0) is 44.6 Å². The van der Waals surface area contributed by atoms with Crippen LogP contribution in [0.3, 0.4) is 0 Å². The van der Waals surface area contributed by atoms with E-state index in [0.29, 0.717) is 0 Å². The molecule has 0 atom stereocenters. The Morgan fingerprint density at radius 2 is 0.840 bits per heavy atom. The lowest BCUT2D eigenvalue weighted by Crippen LogP contribution is -2.50. The van der Waals surface area contributed by atoms with E-state index in [1.165, 1.54) is 127 Å². The van der Waals surface area contributed by atoms with E-state index in [4.69, 9.17) is 0 Å². The Morgan fingerprint density at radius 3 is 1.12 bits per heavy atom. The molecule has 0 aromatic heterocycles. The van der Waals surface area contributed by atoms with E-state index in [1.807, 2.05) is 0 Å². The van der Waals surface area contributed by atoms with Gasteiger partial charge in [0.25, 0.3) is 0 Å². The Balaban J connectivity index is 4.42. The molecule has 0 bridgehead atoms. The van der Waals surface area contributed by atoms with Crippen molar-refractivity contribution in [1.29, 1.82) is 0 Å². The lowest BCUT2D eigenvalue weighted by Gasteiger charge is -2.38. The monoisotopic (exact) mass is 352 g/mol. The molecule has 0 saturated heterocycles. The summed E-state index contributed by atoms with van der Waals surface area (Å²) in [5.74, 6) is 0. The van der Waals surface area contributed by atoms with Crippen molar-refractivity contribution in [3.05, 3.63) is 12.7 Å². The summed E-state index contributed by atoms with van der Waals surface area (Å²) in [5, 5.41) is 0. The van der Waals surface area contributed by atoms with Crippen LogP contribution in [0, 0.1) is 0 Å². The van der Waals surface area contributed by atoms with Gasteiger partial charge in [-0.1, -0.05) is 85.1 Å². The number of nitrogens with zero attached hydrogens (tertiary/aromatic N) is 1. The maximum atomic E-state index is 4.10. The fraction of sp³-hybridized carbons (Fsp3) is 0.917. The zero-order valence-corrected chi connectivity index (χ0v) is 18.2. The van der Waals surface area contributed by atoms with E-state index in [-0.39, 0.29) is 0 Å². The smallest absolute Gasteiger partial charge is 0.0971 e. The molecule has 150 valence electrons. The van der Waals surface area contributed by atoms with Gasteiger partial charge < -0.3 is 4.48 Å². The van der Waals surface area contributed by atoms with Gasteiger partial charge in [-0.2, -0.15) is 0 Å². The van der Waals surface area contributed by atoms with Crippen molar-refractivity contribution in [2.24, 2.45) is 0 Å². The second-order valence-electron chi connectivity index (χ2n) is 8.23. The first kappa shape index (κ1) is 24.7. The van der Waals surface area contributed by atoms with Gasteiger partial charge in [0.15, 0.2) is 0 Å². The summed E-state index contributed by atoms with van der Waals surface area (Å²) in [4.78, 5) is 0. The normalized spacial score (nSPS) is 11.8. The summed E-state index contributed by atoms with van der Waals surface area (Å²) in [6.45, 7) is 16.4. The molecule has 0 aliphatic heterocycles. The van der Waals surface area contributed by atoms with Crippen LogP contribution < -0.4 is 0 Å². The summed E-state index contributed by atoms with van der Waals surface area (Å²) < 4.78 is 1.33. The average Bonchev–Trinajstić information content (AvgIpc) is 2.61. The predicted octanol–water partition coefficient (Wildman–Crippen LogP) is 7.90. The second kappa shape index (κ2) is 18.5. The number of hydrogen-bond acceptors (Lipinski definition) is 0. The lowest BCUT2D eigenvalue weighted by atomic mass is 10.1. The highest BCUT2D eigenvalue weighted by Gasteiger charge is 2.24. The summed E-state index contributed by atoms with van der Waals surface area (Å²) >= 11 is 0. The van der Waals surface area contributed by atoms with Crippen molar-refractivity contribution in [1.82, 2.24) is 0 Å². The van der Waals surface area contributed by atoms with Gasteiger partial charge in [0.1, 0.15) is 0 Å². The zero-order chi connectivity index (χ0) is 18.6. The fourth-order valence-electron chi connectivity index (χ4n) is 4.04. The van der Waals surface area contributed by atoms with Crippen molar-refractivity contribution in [3.63, 3.8) is 0 Å². The Labute approximate surface area is 160 Å². The Morgan fingerprint density at radius 1 is 0.520 bits per heavy atom. The first-order valence-electron chi connectivity index (χ1n) is 11.7. The predicted molar refractivity (Wildman–Crippen MR) is 116 cm³/mol. The summed E-state index contributed by atoms with van der Waals surface area (Å²) in [6.07, 6.45) is 23.3. The molecule has 0 aromatic carbocycles. The molecule has 0 amide bonds. The number of unbranched alkanes of at least 4 members (excludes halogenated alkanes) is 12. The molecular formula is C24H50N+. The molecule has 0 aromatic rings. The second-order valence-corrected chi connectivity index (χ2v) is 8.23. The Kier molecular flexibility index (Phi) is 18.3. The van der Waals surface area contributed by atoms with Gasteiger partial charge in [-0.15, -0.1) is 0 Å². The maximum Gasteiger partial charge on any atom is 0.0971 e. The van der Waals surface area contributed by atoms with Crippen LogP contribution in [-0.4, -0.2) is 30.7 Å². The van der Waals surface area contributed by atoms with E-state index < -0.39 is 0 Å². The maximum absolute atomic E-state index is 4.10. The molecule has 0 heterocycles. The summed E-state index contributed by atoms with van der Waals surface area (Å²) in [5.41, 5.74) is 0. The third-order valence-corrected chi connectivity index (χ3v) is 5.72. The van der Waals surface area contributed by atoms with Crippen LogP contribution in [0.15, 0.2) is 12.7 Å². The van der Waals surface area contributed by atoms with Crippen LogP contribution in [0.2, 0.25) is 0 Å². The molecule has 0 aliphatic rings. The Bertz CT molecular complexity index is 235. The third kappa shape index (κ3) is 14.5. The van der Waals surface area contributed by atoms with Gasteiger partial charge in [0.05, 0.1) is 26.2 Å². The van der Waals surface area contributed by atoms with Crippen LogP contribution in [0.5, 0.6) is 0 Å². The van der Waals surface area contributed by atoms with E-state index in [9.17, 15) is 0 Å². The van der Waals surface area contributed by atoms with Gasteiger partial charge in [-0.3, -0.25) is 0 Å². The molecule has 0 radical (unpaired) electrons. The largest absolute Gasteiger partial charge is 0.320 e. The SMILES string of the molecule is C=CC[N+](CCCCCCC)(CCCCCCC)CCCCCCC. The van der Waals surface area contributed by atoms with Crippen molar-refractivity contribution in [2.75, 3.05) is 26.2 Å². The lowest BCUT2D eigenvalue weighted by molar-refractivity contribution is -0.923. The molecule has 0 unspecified atom stereocenters. The minimum Gasteiger partial charge on any atom is -0.320 e. The molecule has 0 N–H and O–H groups in total. The first-order valence-corrected chi connectivity index (χ1v) is 11.7. The van der Waals surface area contributed by atoms with Gasteiger partial charge >= 0.3 is 0 Å². The third-order valence-electron chi connectivity index (χ3n) is 5.72. The van der Waals surface area contributed by atoms with Gasteiger partial charge in [0.2, 0.25) is 0 Å². The van der Waals surface area contributed by atoms with Crippen molar-refractivity contribution >= 4 is 0 Å². The highest BCUT2D eigenvalue weighted by atomic mass is 15.3. The minimum atomic E-state index is 1.19. The minimum absolute atomic E-state index is 1.19. The fourth-order valence-corrected chi connectivity index (χ4v) is 4.04. The van der Waals surface area contributed by atoms with E-state index >= 15 is 0 Å². The first-order chi connectivity index (χ1) is 12.2. The van der Waals surface area contributed by atoms with Crippen LogP contribution in [-0.2, 0) is 0 Å². The highest BCUT2D eigenvalue weighted by molar-refractivity contribution is 4.67. The quantitative estimate of drug-likeness (QED) is 0.119. The molecule has 1 heteroatoms. The van der Waals surface area contributed by atoms with E-state index in [0.717, 1.165) is 0 Å². The van der Waals surface area contributed by atoms with E-state index in [2.05, 4.69) is 33.4 Å². The molecule has 1 nitrogen and oxygen atoms in total. The zero-order valence-electron chi connectivity index (χ0n) is 18.2. The number of quaternary nitrogens is 1. The van der Waals surface area contributed by atoms with Crippen LogP contribution in [0.25, 0.3) is 0 Å².